The SMILES string of the molecule is NS(=O)(=O)c1ccc(-n2nnc(-c3nc(SCC(=O)c4ccc(Br)cc4)n[nH]3)c2-c2ccccc2)cc1. The van der Waals surface area contributed by atoms with Gasteiger partial charge in [-0.2, -0.15) is 4.98 Å². The predicted octanol–water partition coefficient (Wildman–Crippen LogP) is 4.10. The summed E-state index contributed by atoms with van der Waals surface area (Å²) < 4.78 is 25.8. The Morgan fingerprint density at radius 2 is 1.70 bits per heavy atom. The van der Waals surface area contributed by atoms with Gasteiger partial charge in [-0.15, -0.1) is 10.2 Å². The van der Waals surface area contributed by atoms with Crippen LogP contribution in [0.25, 0.3) is 28.5 Å². The second-order valence-corrected chi connectivity index (χ2v) is 11.2. The van der Waals surface area contributed by atoms with Crippen molar-refractivity contribution in [1.82, 2.24) is 30.2 Å². The molecule has 2 aromatic heterocycles. The van der Waals surface area contributed by atoms with E-state index < -0.39 is 10.0 Å². The number of rotatable bonds is 8. The first-order valence-corrected chi connectivity index (χ1v) is 14.1. The molecule has 5 aromatic rings. The van der Waals surface area contributed by atoms with Gasteiger partial charge >= 0.3 is 0 Å². The van der Waals surface area contributed by atoms with E-state index in [9.17, 15) is 13.2 Å². The number of carbonyl (C=O) groups excluding carboxylic acids is 1. The third-order valence-electron chi connectivity index (χ3n) is 5.32. The van der Waals surface area contributed by atoms with E-state index in [1.165, 1.54) is 23.9 Å². The lowest BCUT2D eigenvalue weighted by atomic mass is 10.1. The van der Waals surface area contributed by atoms with Crippen LogP contribution in [0.1, 0.15) is 10.4 Å². The highest BCUT2D eigenvalue weighted by Gasteiger charge is 2.21. The minimum atomic E-state index is -3.83. The molecule has 0 saturated heterocycles. The molecule has 0 bridgehead atoms. The van der Waals surface area contributed by atoms with Gasteiger partial charge in [0, 0.05) is 15.6 Å². The van der Waals surface area contributed by atoms with Gasteiger partial charge in [-0.3, -0.25) is 9.89 Å². The van der Waals surface area contributed by atoms with E-state index >= 15 is 0 Å². The zero-order chi connectivity index (χ0) is 26.0. The first-order valence-electron chi connectivity index (χ1n) is 10.8. The van der Waals surface area contributed by atoms with Crippen molar-refractivity contribution in [2.45, 2.75) is 10.1 Å². The molecule has 0 atom stereocenters. The fourth-order valence-corrected chi connectivity index (χ4v) is 4.99. The van der Waals surface area contributed by atoms with Gasteiger partial charge in [0.2, 0.25) is 15.2 Å². The van der Waals surface area contributed by atoms with Gasteiger partial charge in [-0.1, -0.05) is 75.4 Å². The Labute approximate surface area is 224 Å². The normalized spacial score (nSPS) is 11.5. The van der Waals surface area contributed by atoms with Gasteiger partial charge in [-0.05, 0) is 36.4 Å². The molecule has 0 spiro atoms. The number of thioether (sulfide) groups is 1. The number of Topliss-reactive ketones (excluding diaryl/α,β-unsaturated/α-hetero) is 1. The smallest absolute Gasteiger partial charge is 0.238 e. The van der Waals surface area contributed by atoms with Crippen molar-refractivity contribution >= 4 is 43.5 Å². The molecule has 186 valence electrons. The molecule has 0 unspecified atom stereocenters. The van der Waals surface area contributed by atoms with E-state index in [1.807, 2.05) is 42.5 Å². The van der Waals surface area contributed by atoms with E-state index in [4.69, 9.17) is 5.14 Å². The number of primary sulfonamides is 1. The van der Waals surface area contributed by atoms with Gasteiger partial charge in [0.15, 0.2) is 17.3 Å². The third-order valence-corrected chi connectivity index (χ3v) is 7.62. The summed E-state index contributed by atoms with van der Waals surface area (Å²) >= 11 is 4.58. The number of nitrogens with one attached hydrogen (secondary N) is 1. The monoisotopic (exact) mass is 595 g/mol. The van der Waals surface area contributed by atoms with Crippen LogP contribution in [0.3, 0.4) is 0 Å². The summed E-state index contributed by atoms with van der Waals surface area (Å²) in [6, 6.07) is 22.6. The molecule has 3 N–H and O–H groups in total. The van der Waals surface area contributed by atoms with E-state index in [0.29, 0.717) is 33.6 Å². The first-order chi connectivity index (χ1) is 17.8. The molecule has 3 aromatic carbocycles. The largest absolute Gasteiger partial charge is 0.293 e. The Morgan fingerprint density at radius 1 is 1.00 bits per heavy atom. The summed E-state index contributed by atoms with van der Waals surface area (Å²) in [6.45, 7) is 0. The Kier molecular flexibility index (Phi) is 7.02. The zero-order valence-corrected chi connectivity index (χ0v) is 22.2. The summed E-state index contributed by atoms with van der Waals surface area (Å²) in [5.74, 6) is 0.514. The van der Waals surface area contributed by atoms with Crippen molar-refractivity contribution in [3.63, 3.8) is 0 Å². The standard InChI is InChI=1S/C24H18BrN7O3S2/c25-17-8-6-15(7-9-17)20(33)14-36-24-27-23(29-30-24)21-22(16-4-2-1-3-5-16)32(31-28-21)18-10-12-19(13-11-18)37(26,34)35/h1-13H,14H2,(H2,26,34,35)(H,27,29,30). The maximum atomic E-state index is 12.5. The lowest BCUT2D eigenvalue weighted by Crippen LogP contribution is -2.12. The average Bonchev–Trinajstić information content (AvgIpc) is 3.55. The number of halogens is 1. The molecular formula is C24H18BrN7O3S2. The van der Waals surface area contributed by atoms with Crippen LogP contribution in [-0.2, 0) is 10.0 Å². The molecule has 0 aliphatic rings. The Morgan fingerprint density at radius 3 is 2.38 bits per heavy atom. The van der Waals surface area contributed by atoms with Crippen molar-refractivity contribution in [3.8, 4) is 28.5 Å². The Hall–Kier alpha value is -3.65. The number of nitrogens with two attached hydrogens (primary N) is 1. The number of benzene rings is 3. The number of ketones is 1. The van der Waals surface area contributed by atoms with Crippen LogP contribution in [0, 0.1) is 0 Å². The molecule has 2 heterocycles. The number of hydrogen-bond donors (Lipinski definition) is 2. The first kappa shape index (κ1) is 25.0. The molecule has 13 heteroatoms. The van der Waals surface area contributed by atoms with Crippen LogP contribution in [-0.4, -0.2) is 50.1 Å². The van der Waals surface area contributed by atoms with E-state index in [0.717, 1.165) is 10.0 Å². The maximum absolute atomic E-state index is 12.5. The van der Waals surface area contributed by atoms with Crippen LogP contribution in [0.2, 0.25) is 0 Å². The number of aromatic nitrogens is 6. The van der Waals surface area contributed by atoms with E-state index in [2.05, 4.69) is 41.4 Å². The Balaban J connectivity index is 1.45. The van der Waals surface area contributed by atoms with Crippen LogP contribution in [0.15, 0.2) is 93.4 Å². The topological polar surface area (TPSA) is 150 Å². The molecular weight excluding hydrogens is 578 g/mol. The predicted molar refractivity (Wildman–Crippen MR) is 143 cm³/mol. The molecule has 10 nitrogen and oxygen atoms in total. The quantitative estimate of drug-likeness (QED) is 0.201. The second kappa shape index (κ2) is 10.4. The zero-order valence-electron chi connectivity index (χ0n) is 18.9. The second-order valence-electron chi connectivity index (χ2n) is 7.79. The number of nitrogens with zero attached hydrogens (tertiary/aromatic N) is 5. The summed E-state index contributed by atoms with van der Waals surface area (Å²) in [5, 5.41) is 21.4. The molecule has 0 aliphatic carbocycles. The van der Waals surface area contributed by atoms with Crippen molar-refractivity contribution in [2.75, 3.05) is 5.75 Å². The van der Waals surface area contributed by atoms with Crippen molar-refractivity contribution in [2.24, 2.45) is 5.14 Å². The van der Waals surface area contributed by atoms with Crippen molar-refractivity contribution in [1.29, 1.82) is 0 Å². The van der Waals surface area contributed by atoms with Crippen LogP contribution in [0.4, 0.5) is 0 Å². The molecule has 37 heavy (non-hydrogen) atoms. The number of carbonyl (C=O) groups is 1. The lowest BCUT2D eigenvalue weighted by Gasteiger charge is -2.08. The highest BCUT2D eigenvalue weighted by atomic mass is 79.9. The van der Waals surface area contributed by atoms with Crippen LogP contribution < -0.4 is 5.14 Å². The molecule has 5 rings (SSSR count). The highest BCUT2D eigenvalue weighted by Crippen LogP contribution is 2.31. The van der Waals surface area contributed by atoms with Gasteiger partial charge in [0.05, 0.1) is 16.3 Å². The van der Waals surface area contributed by atoms with Crippen molar-refractivity contribution in [3.05, 3.63) is 88.9 Å². The maximum Gasteiger partial charge on any atom is 0.238 e. The highest BCUT2D eigenvalue weighted by molar-refractivity contribution is 9.10. The van der Waals surface area contributed by atoms with Gasteiger partial charge in [-0.25, -0.2) is 18.2 Å². The molecule has 0 fully saturated rings. The lowest BCUT2D eigenvalue weighted by molar-refractivity contribution is 0.102. The molecule has 0 aliphatic heterocycles. The summed E-state index contributed by atoms with van der Waals surface area (Å²) in [4.78, 5) is 17.0. The summed E-state index contributed by atoms with van der Waals surface area (Å²) in [6.07, 6.45) is 0. The minimum absolute atomic E-state index is 0.00700. The van der Waals surface area contributed by atoms with Gasteiger partial charge in [0.1, 0.15) is 5.69 Å². The van der Waals surface area contributed by atoms with Crippen LogP contribution in [0.5, 0.6) is 0 Å². The van der Waals surface area contributed by atoms with Gasteiger partial charge < -0.3 is 0 Å². The third kappa shape index (κ3) is 5.54. The molecule has 0 amide bonds. The van der Waals surface area contributed by atoms with Gasteiger partial charge in [0.25, 0.3) is 0 Å². The van der Waals surface area contributed by atoms with Crippen LogP contribution >= 0.6 is 27.7 Å². The van der Waals surface area contributed by atoms with E-state index in [-0.39, 0.29) is 16.4 Å². The number of sulfonamides is 1. The Bertz CT molecular complexity index is 1670. The molecule has 0 saturated carbocycles. The minimum Gasteiger partial charge on any atom is -0.293 e. The summed E-state index contributed by atoms with van der Waals surface area (Å²) in [7, 11) is -3.83. The van der Waals surface area contributed by atoms with Crippen molar-refractivity contribution < 1.29 is 13.2 Å². The number of hydrogen-bond acceptors (Lipinski definition) is 8. The average molecular weight is 596 g/mol. The number of H-pyrrole nitrogens is 1. The van der Waals surface area contributed by atoms with E-state index in [1.54, 1.807) is 28.9 Å². The fraction of sp³-hybridized carbons (Fsp3) is 0.0417. The fourth-order valence-electron chi connectivity index (χ4n) is 3.52. The molecule has 0 radical (unpaired) electrons. The number of aromatic amines is 1. The summed E-state index contributed by atoms with van der Waals surface area (Å²) in [5.41, 5.74) is 3.07.